The van der Waals surface area contributed by atoms with Crippen molar-refractivity contribution in [2.24, 2.45) is 0 Å². The molecule has 0 aromatic heterocycles. The summed E-state index contributed by atoms with van der Waals surface area (Å²) in [5.41, 5.74) is 0.299. The van der Waals surface area contributed by atoms with Gasteiger partial charge in [-0.3, -0.25) is 4.90 Å². The van der Waals surface area contributed by atoms with Crippen molar-refractivity contribution in [2.75, 3.05) is 25.5 Å². The number of carboxylic acid groups (broad SMARTS) is 1. The van der Waals surface area contributed by atoms with Crippen molar-refractivity contribution in [1.29, 1.82) is 0 Å². The van der Waals surface area contributed by atoms with E-state index in [1.165, 1.54) is 4.90 Å². The van der Waals surface area contributed by atoms with Gasteiger partial charge in [-0.2, -0.15) is 0 Å². The van der Waals surface area contributed by atoms with Crippen LogP contribution in [0.3, 0.4) is 0 Å². The number of benzene rings is 1. The van der Waals surface area contributed by atoms with E-state index in [4.69, 9.17) is 9.47 Å². The molecule has 0 aliphatic carbocycles. The molecule has 1 amide bonds. The van der Waals surface area contributed by atoms with Gasteiger partial charge in [-0.15, -0.1) is 0 Å². The highest BCUT2D eigenvalue weighted by Crippen LogP contribution is 2.27. The molecule has 1 aromatic carbocycles. The molecule has 0 bridgehead atoms. The molecule has 7 heteroatoms. The third-order valence-corrected chi connectivity index (χ3v) is 3.81. The van der Waals surface area contributed by atoms with Crippen LogP contribution in [0.5, 0.6) is 5.75 Å². The van der Waals surface area contributed by atoms with Crippen molar-refractivity contribution < 1.29 is 24.2 Å². The molecule has 7 nitrogen and oxygen atoms in total. The molecule has 0 saturated carbocycles. The molecule has 138 valence electrons. The van der Waals surface area contributed by atoms with Crippen LogP contribution >= 0.6 is 0 Å². The van der Waals surface area contributed by atoms with Crippen molar-refractivity contribution in [2.45, 2.75) is 44.9 Å². The normalized spacial score (nSPS) is 20.3. The van der Waals surface area contributed by atoms with Gasteiger partial charge in [0.1, 0.15) is 23.5 Å². The number of carboxylic acids is 1. The van der Waals surface area contributed by atoms with E-state index < -0.39 is 29.8 Å². The molecule has 0 radical (unpaired) electrons. The fourth-order valence-electron chi connectivity index (χ4n) is 2.67. The number of aliphatic carboxylic acids is 1. The lowest BCUT2D eigenvalue weighted by Crippen LogP contribution is -2.43. The number of carbonyl (C=O) groups is 2. The summed E-state index contributed by atoms with van der Waals surface area (Å²) in [7, 11) is 3.86. The van der Waals surface area contributed by atoms with Crippen molar-refractivity contribution in [3.63, 3.8) is 0 Å². The molecule has 2 rings (SSSR count). The molecule has 2 atom stereocenters. The van der Waals surface area contributed by atoms with Crippen LogP contribution in [0, 0.1) is 0 Å². The Morgan fingerprint density at radius 3 is 2.52 bits per heavy atom. The van der Waals surface area contributed by atoms with Crippen LogP contribution in [0.1, 0.15) is 27.2 Å². The zero-order valence-corrected chi connectivity index (χ0v) is 15.4. The Hall–Kier alpha value is -2.44. The Morgan fingerprint density at radius 1 is 1.28 bits per heavy atom. The van der Waals surface area contributed by atoms with E-state index in [2.05, 4.69) is 0 Å². The summed E-state index contributed by atoms with van der Waals surface area (Å²) in [6.45, 7) is 5.42. The van der Waals surface area contributed by atoms with Gasteiger partial charge in [-0.05, 0) is 32.9 Å². The molecule has 1 unspecified atom stereocenters. The topological polar surface area (TPSA) is 79.3 Å². The second kappa shape index (κ2) is 7.21. The predicted molar refractivity (Wildman–Crippen MR) is 94.2 cm³/mol. The van der Waals surface area contributed by atoms with E-state index in [1.54, 1.807) is 20.8 Å². The monoisotopic (exact) mass is 350 g/mol. The number of ether oxygens (including phenoxy) is 2. The van der Waals surface area contributed by atoms with Crippen LogP contribution < -0.4 is 9.64 Å². The van der Waals surface area contributed by atoms with Crippen molar-refractivity contribution >= 4 is 17.7 Å². The molecule has 25 heavy (non-hydrogen) atoms. The van der Waals surface area contributed by atoms with Crippen LogP contribution in [-0.4, -0.2) is 60.5 Å². The van der Waals surface area contributed by atoms with Gasteiger partial charge in [0.15, 0.2) is 0 Å². The lowest BCUT2D eigenvalue weighted by atomic mass is 10.2. The van der Waals surface area contributed by atoms with Crippen LogP contribution in [-0.2, 0) is 9.53 Å². The Labute approximate surface area is 148 Å². The quantitative estimate of drug-likeness (QED) is 0.899. The number of hydrogen-bond donors (Lipinski definition) is 1. The zero-order chi connectivity index (χ0) is 18.8. The van der Waals surface area contributed by atoms with Gasteiger partial charge < -0.3 is 19.5 Å². The van der Waals surface area contributed by atoms with Crippen LogP contribution in [0.25, 0.3) is 0 Å². The standard InChI is InChI=1S/C18H26N2O5/c1-18(2,3)25-17(23)20-11-14(10-15(20)16(21)22)24-13-8-6-7-12(9-13)19(4)5/h6-9,14-15H,10-11H2,1-5H3,(H,21,22)/t14?,15-/m0/s1. The summed E-state index contributed by atoms with van der Waals surface area (Å²) in [5.74, 6) is -0.412. The smallest absolute Gasteiger partial charge is 0.411 e. The first kappa shape index (κ1) is 18.9. The maximum atomic E-state index is 12.3. The number of rotatable bonds is 4. The van der Waals surface area contributed by atoms with Gasteiger partial charge in [0.25, 0.3) is 0 Å². The Bertz CT molecular complexity index is 639. The molecule has 1 fully saturated rings. The van der Waals surface area contributed by atoms with Gasteiger partial charge in [-0.1, -0.05) is 6.07 Å². The lowest BCUT2D eigenvalue weighted by Gasteiger charge is -2.26. The second-order valence-electron chi connectivity index (χ2n) is 7.35. The molecule has 0 spiro atoms. The molecular formula is C18H26N2O5. The molecule has 1 saturated heterocycles. The van der Waals surface area contributed by atoms with E-state index >= 15 is 0 Å². The Balaban J connectivity index is 2.10. The van der Waals surface area contributed by atoms with Gasteiger partial charge in [0, 0.05) is 32.3 Å². The number of likely N-dealkylation sites (tertiary alicyclic amines) is 1. The first-order valence-corrected chi connectivity index (χ1v) is 8.23. The Kier molecular flexibility index (Phi) is 5.45. The molecule has 1 aromatic rings. The molecule has 1 heterocycles. The summed E-state index contributed by atoms with van der Waals surface area (Å²) in [4.78, 5) is 27.0. The van der Waals surface area contributed by atoms with Crippen molar-refractivity contribution in [3.8, 4) is 5.75 Å². The summed E-state index contributed by atoms with van der Waals surface area (Å²) < 4.78 is 11.2. The van der Waals surface area contributed by atoms with Crippen LogP contribution in [0.15, 0.2) is 24.3 Å². The minimum absolute atomic E-state index is 0.179. The van der Waals surface area contributed by atoms with Crippen molar-refractivity contribution in [1.82, 2.24) is 4.90 Å². The fourth-order valence-corrected chi connectivity index (χ4v) is 2.67. The number of amides is 1. The van der Waals surface area contributed by atoms with Crippen LogP contribution in [0.2, 0.25) is 0 Å². The number of hydrogen-bond acceptors (Lipinski definition) is 5. The van der Waals surface area contributed by atoms with Gasteiger partial charge in [0.05, 0.1) is 6.54 Å². The van der Waals surface area contributed by atoms with E-state index in [1.807, 2.05) is 43.3 Å². The first-order chi connectivity index (χ1) is 11.6. The number of anilines is 1. The first-order valence-electron chi connectivity index (χ1n) is 8.23. The van der Waals surface area contributed by atoms with Gasteiger partial charge in [0.2, 0.25) is 0 Å². The highest BCUT2D eigenvalue weighted by atomic mass is 16.6. The maximum absolute atomic E-state index is 12.3. The average molecular weight is 350 g/mol. The second-order valence-corrected chi connectivity index (χ2v) is 7.35. The summed E-state index contributed by atoms with van der Waals surface area (Å²) in [6, 6.07) is 6.58. The van der Waals surface area contributed by atoms with Gasteiger partial charge >= 0.3 is 12.1 Å². The van der Waals surface area contributed by atoms with Gasteiger partial charge in [-0.25, -0.2) is 9.59 Å². The summed E-state index contributed by atoms with van der Waals surface area (Å²) >= 11 is 0. The van der Waals surface area contributed by atoms with E-state index in [0.29, 0.717) is 5.75 Å². The largest absolute Gasteiger partial charge is 0.488 e. The number of nitrogens with zero attached hydrogens (tertiary/aromatic N) is 2. The van der Waals surface area contributed by atoms with E-state index in [-0.39, 0.29) is 13.0 Å². The Morgan fingerprint density at radius 2 is 1.96 bits per heavy atom. The third-order valence-electron chi connectivity index (χ3n) is 3.81. The average Bonchev–Trinajstić information content (AvgIpc) is 2.90. The summed E-state index contributed by atoms with van der Waals surface area (Å²) in [6.07, 6.45) is -0.806. The highest BCUT2D eigenvalue weighted by Gasteiger charge is 2.42. The number of carbonyl (C=O) groups excluding carboxylic acids is 1. The predicted octanol–water partition coefficient (Wildman–Crippen LogP) is 2.59. The molecular weight excluding hydrogens is 324 g/mol. The SMILES string of the molecule is CN(C)c1cccc(OC2C[C@@H](C(=O)O)N(C(=O)OC(C)(C)C)C2)c1. The van der Waals surface area contributed by atoms with Crippen molar-refractivity contribution in [3.05, 3.63) is 24.3 Å². The molecule has 1 aliphatic heterocycles. The third kappa shape index (κ3) is 5.01. The lowest BCUT2D eigenvalue weighted by molar-refractivity contribution is -0.142. The summed E-state index contributed by atoms with van der Waals surface area (Å²) in [5, 5.41) is 9.42. The minimum Gasteiger partial charge on any atom is -0.488 e. The van der Waals surface area contributed by atoms with E-state index in [0.717, 1.165) is 5.69 Å². The molecule has 1 N–H and O–H groups in total. The zero-order valence-electron chi connectivity index (χ0n) is 15.4. The van der Waals surface area contributed by atoms with E-state index in [9.17, 15) is 14.7 Å². The van der Waals surface area contributed by atoms with Crippen LogP contribution in [0.4, 0.5) is 10.5 Å². The minimum atomic E-state index is -1.06. The maximum Gasteiger partial charge on any atom is 0.411 e. The molecule has 1 aliphatic rings. The highest BCUT2D eigenvalue weighted by molar-refractivity contribution is 5.81. The fraction of sp³-hybridized carbons (Fsp3) is 0.556.